The number of anilines is 1. The first-order chi connectivity index (χ1) is 12.3. The minimum Gasteiger partial charge on any atom is -0.550 e. The van der Waals surface area contributed by atoms with Crippen molar-refractivity contribution in [2.75, 3.05) is 11.9 Å². The number of amides is 1. The minimum atomic E-state index is -1.27. The highest BCUT2D eigenvalue weighted by molar-refractivity contribution is 5.93. The van der Waals surface area contributed by atoms with Crippen LogP contribution in [0.5, 0.6) is 0 Å². The van der Waals surface area contributed by atoms with Gasteiger partial charge in [-0.2, -0.15) is 5.10 Å². The molecule has 0 saturated heterocycles. The Labute approximate surface area is 150 Å². The van der Waals surface area contributed by atoms with Crippen molar-refractivity contribution >= 4 is 23.5 Å². The monoisotopic (exact) mass is 358 g/mol. The summed E-state index contributed by atoms with van der Waals surface area (Å²) in [7, 11) is 0. The third-order valence-electron chi connectivity index (χ3n) is 3.72. The van der Waals surface area contributed by atoms with Crippen molar-refractivity contribution in [2.45, 2.75) is 33.6 Å². The Balaban J connectivity index is 2.16. The van der Waals surface area contributed by atoms with Crippen molar-refractivity contribution in [2.24, 2.45) is 0 Å². The molecule has 8 heteroatoms. The van der Waals surface area contributed by atoms with E-state index in [0.29, 0.717) is 28.3 Å². The van der Waals surface area contributed by atoms with E-state index in [0.717, 1.165) is 0 Å². The van der Waals surface area contributed by atoms with E-state index in [4.69, 9.17) is 4.74 Å². The fourth-order valence-electron chi connectivity index (χ4n) is 2.52. The summed E-state index contributed by atoms with van der Waals surface area (Å²) in [6.07, 6.45) is -0.475. The maximum Gasteiger partial charge on any atom is 0.341 e. The third kappa shape index (κ3) is 4.47. The summed E-state index contributed by atoms with van der Waals surface area (Å²) in [5.41, 5.74) is 2.91. The first-order valence-corrected chi connectivity index (χ1v) is 8.17. The van der Waals surface area contributed by atoms with Crippen LogP contribution in [0.4, 0.5) is 5.69 Å². The molecule has 0 unspecified atom stereocenters. The van der Waals surface area contributed by atoms with E-state index >= 15 is 0 Å². The van der Waals surface area contributed by atoms with Crippen LogP contribution in [0.1, 0.15) is 41.5 Å². The molecular weight excluding hydrogens is 338 g/mol. The summed E-state index contributed by atoms with van der Waals surface area (Å²) >= 11 is 0. The lowest BCUT2D eigenvalue weighted by molar-refractivity contribution is -0.305. The highest BCUT2D eigenvalue weighted by Crippen LogP contribution is 2.20. The Hall–Kier alpha value is -3.16. The smallest absolute Gasteiger partial charge is 0.341 e. The van der Waals surface area contributed by atoms with Crippen LogP contribution in [-0.2, 0) is 14.3 Å². The molecule has 1 aromatic heterocycles. The van der Waals surface area contributed by atoms with Crippen molar-refractivity contribution in [3.8, 4) is 5.69 Å². The minimum absolute atomic E-state index is 0.148. The Morgan fingerprint density at radius 1 is 1.15 bits per heavy atom. The summed E-state index contributed by atoms with van der Waals surface area (Å²) in [4.78, 5) is 34.1. The lowest BCUT2D eigenvalue weighted by Gasteiger charge is -2.08. The highest BCUT2D eigenvalue weighted by atomic mass is 16.5. The lowest BCUT2D eigenvalue weighted by atomic mass is 10.2. The number of aryl methyl sites for hydroxylation is 1. The van der Waals surface area contributed by atoms with Gasteiger partial charge in [0.2, 0.25) is 5.91 Å². The quantitative estimate of drug-likeness (QED) is 0.743. The van der Waals surface area contributed by atoms with Crippen LogP contribution >= 0.6 is 0 Å². The van der Waals surface area contributed by atoms with Crippen LogP contribution in [-0.4, -0.2) is 34.2 Å². The van der Waals surface area contributed by atoms with Crippen LogP contribution in [0.15, 0.2) is 24.3 Å². The zero-order valence-corrected chi connectivity index (χ0v) is 14.9. The number of benzene rings is 1. The molecule has 1 heterocycles. The van der Waals surface area contributed by atoms with Gasteiger partial charge in [0, 0.05) is 18.1 Å². The van der Waals surface area contributed by atoms with Crippen LogP contribution in [0.2, 0.25) is 0 Å². The molecule has 0 fully saturated rings. The first-order valence-electron chi connectivity index (χ1n) is 8.17. The molecule has 26 heavy (non-hydrogen) atoms. The largest absolute Gasteiger partial charge is 0.550 e. The number of carboxylic acids is 1. The van der Waals surface area contributed by atoms with Crippen LogP contribution in [0.25, 0.3) is 5.69 Å². The van der Waals surface area contributed by atoms with E-state index in [9.17, 15) is 19.5 Å². The molecule has 2 rings (SSSR count). The Morgan fingerprint density at radius 3 is 2.38 bits per heavy atom. The molecule has 1 N–H and O–H groups in total. The zero-order valence-electron chi connectivity index (χ0n) is 14.9. The van der Waals surface area contributed by atoms with E-state index in [1.165, 1.54) is 0 Å². The standard InChI is InChI=1S/C18H21N3O5/c1-4-26-18(25)17-11(2)20-21(12(17)3)14-7-5-13(6-8-14)19-15(22)9-10-16(23)24/h5-8H,4,9-10H2,1-3H3,(H,19,22)(H,23,24)/p-1. The Kier molecular flexibility index (Phi) is 6.11. The molecule has 138 valence electrons. The maximum atomic E-state index is 12.0. The molecule has 0 aliphatic heterocycles. The van der Waals surface area contributed by atoms with Crippen molar-refractivity contribution in [3.63, 3.8) is 0 Å². The number of ether oxygens (including phenoxy) is 1. The summed E-state index contributed by atoms with van der Waals surface area (Å²) in [5, 5.41) is 17.4. The lowest BCUT2D eigenvalue weighted by Crippen LogP contribution is -2.24. The Bertz CT molecular complexity index is 824. The molecule has 0 saturated carbocycles. The van der Waals surface area contributed by atoms with E-state index in [-0.39, 0.29) is 19.4 Å². The molecule has 0 aliphatic carbocycles. The van der Waals surface area contributed by atoms with Gasteiger partial charge in [0.05, 0.1) is 23.7 Å². The number of carbonyl (C=O) groups is 3. The summed E-state index contributed by atoms with van der Waals surface area (Å²) in [6, 6.07) is 6.82. The van der Waals surface area contributed by atoms with Gasteiger partial charge < -0.3 is 20.0 Å². The van der Waals surface area contributed by atoms with Gasteiger partial charge >= 0.3 is 5.97 Å². The normalized spacial score (nSPS) is 10.4. The second-order valence-corrected chi connectivity index (χ2v) is 5.65. The predicted molar refractivity (Wildman–Crippen MR) is 91.9 cm³/mol. The number of carboxylic acid groups (broad SMARTS) is 1. The van der Waals surface area contributed by atoms with Crippen LogP contribution in [0, 0.1) is 13.8 Å². The number of hydrogen-bond donors (Lipinski definition) is 1. The average Bonchev–Trinajstić information content (AvgIpc) is 2.88. The highest BCUT2D eigenvalue weighted by Gasteiger charge is 2.20. The molecule has 0 bridgehead atoms. The maximum absolute atomic E-state index is 12.0. The summed E-state index contributed by atoms with van der Waals surface area (Å²) in [5.74, 6) is -2.08. The predicted octanol–water partition coefficient (Wildman–Crippen LogP) is 1.13. The topological polar surface area (TPSA) is 113 Å². The molecule has 0 radical (unpaired) electrons. The zero-order chi connectivity index (χ0) is 19.3. The molecule has 0 atom stereocenters. The van der Waals surface area contributed by atoms with Gasteiger partial charge in [0.1, 0.15) is 5.56 Å². The van der Waals surface area contributed by atoms with Crippen molar-refractivity contribution in [1.29, 1.82) is 0 Å². The molecule has 1 aromatic carbocycles. The van der Waals surface area contributed by atoms with Crippen LogP contribution < -0.4 is 10.4 Å². The molecule has 0 aliphatic rings. The summed E-state index contributed by atoms with van der Waals surface area (Å²) < 4.78 is 6.68. The van der Waals surface area contributed by atoms with Crippen molar-refractivity contribution in [1.82, 2.24) is 9.78 Å². The molecule has 8 nitrogen and oxygen atoms in total. The number of rotatable bonds is 7. The van der Waals surface area contributed by atoms with E-state index < -0.39 is 17.8 Å². The van der Waals surface area contributed by atoms with E-state index in [1.807, 2.05) is 0 Å². The summed E-state index contributed by atoms with van der Waals surface area (Å²) in [6.45, 7) is 5.55. The SMILES string of the molecule is CCOC(=O)c1c(C)nn(-c2ccc(NC(=O)CCC(=O)[O-])cc2)c1C. The second kappa shape index (κ2) is 8.28. The Morgan fingerprint density at radius 2 is 1.81 bits per heavy atom. The molecule has 0 spiro atoms. The second-order valence-electron chi connectivity index (χ2n) is 5.65. The number of aliphatic carboxylic acids is 1. The number of hydrogen-bond acceptors (Lipinski definition) is 6. The van der Waals surface area contributed by atoms with Crippen molar-refractivity contribution < 1.29 is 24.2 Å². The van der Waals surface area contributed by atoms with E-state index in [1.54, 1.807) is 49.7 Å². The van der Waals surface area contributed by atoms with Gasteiger partial charge in [0.25, 0.3) is 0 Å². The van der Waals surface area contributed by atoms with Gasteiger partial charge in [0.15, 0.2) is 0 Å². The first kappa shape index (κ1) is 19.2. The molecular formula is C18H20N3O5-. The van der Waals surface area contributed by atoms with Gasteiger partial charge in [-0.25, -0.2) is 9.48 Å². The molecule has 2 aromatic rings. The van der Waals surface area contributed by atoms with Gasteiger partial charge in [-0.1, -0.05) is 0 Å². The average molecular weight is 358 g/mol. The fourth-order valence-corrected chi connectivity index (χ4v) is 2.52. The van der Waals surface area contributed by atoms with Gasteiger partial charge in [-0.15, -0.1) is 0 Å². The van der Waals surface area contributed by atoms with Crippen LogP contribution in [0.3, 0.4) is 0 Å². The van der Waals surface area contributed by atoms with E-state index in [2.05, 4.69) is 10.4 Å². The van der Waals surface area contributed by atoms with Gasteiger partial charge in [-0.05, 0) is 51.5 Å². The number of carbonyl (C=O) groups excluding carboxylic acids is 3. The number of nitrogens with one attached hydrogen (secondary N) is 1. The number of aromatic nitrogens is 2. The van der Waals surface area contributed by atoms with Gasteiger partial charge in [-0.3, -0.25) is 4.79 Å². The van der Waals surface area contributed by atoms with Crippen molar-refractivity contribution in [3.05, 3.63) is 41.2 Å². The fraction of sp³-hybridized carbons (Fsp3) is 0.333. The molecule has 1 amide bonds. The number of nitrogens with zero attached hydrogens (tertiary/aromatic N) is 2. The number of esters is 1. The third-order valence-corrected chi connectivity index (χ3v) is 3.72.